The Labute approximate surface area is 93.1 Å². The SMILES string of the molecule is Cc1cc(C)c2c(C)ccc([N+](=O)[O-])c2n1. The summed E-state index contributed by atoms with van der Waals surface area (Å²) in [6.07, 6.45) is 0. The van der Waals surface area contributed by atoms with Crippen molar-refractivity contribution in [1.29, 1.82) is 0 Å². The molecule has 2 aromatic rings. The van der Waals surface area contributed by atoms with E-state index in [1.54, 1.807) is 6.07 Å². The van der Waals surface area contributed by atoms with Gasteiger partial charge in [0.1, 0.15) is 5.52 Å². The summed E-state index contributed by atoms with van der Waals surface area (Å²) < 4.78 is 0. The van der Waals surface area contributed by atoms with Crippen molar-refractivity contribution in [2.24, 2.45) is 0 Å². The predicted octanol–water partition coefficient (Wildman–Crippen LogP) is 3.07. The van der Waals surface area contributed by atoms with E-state index >= 15 is 0 Å². The maximum absolute atomic E-state index is 10.9. The highest BCUT2D eigenvalue weighted by molar-refractivity contribution is 5.92. The summed E-state index contributed by atoms with van der Waals surface area (Å²) in [6, 6.07) is 5.23. The quantitative estimate of drug-likeness (QED) is 0.543. The first-order valence-corrected chi connectivity index (χ1v) is 5.02. The van der Waals surface area contributed by atoms with E-state index in [-0.39, 0.29) is 10.6 Å². The molecule has 0 saturated heterocycles. The maximum Gasteiger partial charge on any atom is 0.295 e. The van der Waals surface area contributed by atoms with Gasteiger partial charge in [-0.1, -0.05) is 6.07 Å². The summed E-state index contributed by atoms with van der Waals surface area (Å²) in [5, 5.41) is 11.8. The van der Waals surface area contributed by atoms with Gasteiger partial charge in [0, 0.05) is 17.1 Å². The first-order chi connectivity index (χ1) is 7.50. The van der Waals surface area contributed by atoms with Crippen LogP contribution >= 0.6 is 0 Å². The van der Waals surface area contributed by atoms with Gasteiger partial charge in [0.2, 0.25) is 0 Å². The number of fused-ring (bicyclic) bond motifs is 1. The number of aryl methyl sites for hydroxylation is 3. The maximum atomic E-state index is 10.9. The van der Waals surface area contributed by atoms with Crippen molar-refractivity contribution < 1.29 is 4.92 Å². The number of hydrogen-bond acceptors (Lipinski definition) is 3. The first-order valence-electron chi connectivity index (χ1n) is 5.02. The Kier molecular flexibility index (Phi) is 2.34. The lowest BCUT2D eigenvalue weighted by molar-refractivity contribution is -0.383. The van der Waals surface area contributed by atoms with E-state index in [0.29, 0.717) is 5.52 Å². The zero-order valence-corrected chi connectivity index (χ0v) is 9.44. The third-order valence-electron chi connectivity index (χ3n) is 2.67. The second-order valence-corrected chi connectivity index (χ2v) is 3.96. The molecule has 0 spiro atoms. The third kappa shape index (κ3) is 1.52. The van der Waals surface area contributed by atoms with Crippen LogP contribution in [-0.2, 0) is 0 Å². The Balaban J connectivity index is 2.98. The molecule has 16 heavy (non-hydrogen) atoms. The molecule has 1 aromatic carbocycles. The minimum atomic E-state index is -0.381. The van der Waals surface area contributed by atoms with Gasteiger partial charge in [-0.05, 0) is 38.0 Å². The van der Waals surface area contributed by atoms with Gasteiger partial charge in [-0.2, -0.15) is 0 Å². The fraction of sp³-hybridized carbons (Fsp3) is 0.250. The van der Waals surface area contributed by atoms with E-state index in [1.807, 2.05) is 26.8 Å². The van der Waals surface area contributed by atoms with Crippen LogP contribution in [0.2, 0.25) is 0 Å². The number of aromatic nitrogens is 1. The minimum Gasteiger partial charge on any atom is -0.258 e. The second-order valence-electron chi connectivity index (χ2n) is 3.96. The number of nitrogens with zero attached hydrogens (tertiary/aromatic N) is 2. The number of hydrogen-bond donors (Lipinski definition) is 0. The molecule has 0 aliphatic carbocycles. The van der Waals surface area contributed by atoms with Gasteiger partial charge in [0.05, 0.1) is 4.92 Å². The van der Waals surface area contributed by atoms with Crippen LogP contribution in [0.4, 0.5) is 5.69 Å². The summed E-state index contributed by atoms with van der Waals surface area (Å²) in [6.45, 7) is 5.74. The molecule has 0 unspecified atom stereocenters. The molecular formula is C12H12N2O2. The Morgan fingerprint density at radius 2 is 1.88 bits per heavy atom. The van der Waals surface area contributed by atoms with E-state index in [1.165, 1.54) is 6.07 Å². The van der Waals surface area contributed by atoms with Crippen LogP contribution in [0.5, 0.6) is 0 Å². The normalized spacial score (nSPS) is 10.7. The molecule has 0 amide bonds. The molecule has 0 fully saturated rings. The fourth-order valence-corrected chi connectivity index (χ4v) is 2.03. The molecule has 0 aliphatic rings. The molecule has 0 aliphatic heterocycles. The summed E-state index contributed by atoms with van der Waals surface area (Å²) in [7, 11) is 0. The van der Waals surface area contributed by atoms with Gasteiger partial charge in [-0.3, -0.25) is 10.1 Å². The molecule has 0 radical (unpaired) electrons. The van der Waals surface area contributed by atoms with Gasteiger partial charge >= 0.3 is 0 Å². The lowest BCUT2D eigenvalue weighted by Crippen LogP contribution is -1.96. The number of nitro benzene ring substituents is 1. The highest BCUT2D eigenvalue weighted by Gasteiger charge is 2.15. The zero-order valence-electron chi connectivity index (χ0n) is 9.44. The largest absolute Gasteiger partial charge is 0.295 e. The van der Waals surface area contributed by atoms with Gasteiger partial charge in [0.15, 0.2) is 0 Å². The average molecular weight is 216 g/mol. The van der Waals surface area contributed by atoms with Gasteiger partial charge in [0.25, 0.3) is 5.69 Å². The van der Waals surface area contributed by atoms with Crippen LogP contribution in [0.25, 0.3) is 10.9 Å². The van der Waals surface area contributed by atoms with Crippen LogP contribution in [0.1, 0.15) is 16.8 Å². The molecule has 1 aromatic heterocycles. The van der Waals surface area contributed by atoms with Gasteiger partial charge in [-0.25, -0.2) is 4.98 Å². The minimum absolute atomic E-state index is 0.0763. The van der Waals surface area contributed by atoms with E-state index in [0.717, 1.165) is 22.2 Å². The summed E-state index contributed by atoms with van der Waals surface area (Å²) in [5.41, 5.74) is 3.42. The van der Waals surface area contributed by atoms with Crippen LogP contribution in [-0.4, -0.2) is 9.91 Å². The summed E-state index contributed by atoms with van der Waals surface area (Å²) in [4.78, 5) is 14.8. The number of non-ortho nitro benzene ring substituents is 1. The number of rotatable bonds is 1. The molecular weight excluding hydrogens is 204 g/mol. The average Bonchev–Trinajstić information content (AvgIpc) is 2.15. The summed E-state index contributed by atoms with van der Waals surface area (Å²) in [5.74, 6) is 0. The van der Waals surface area contributed by atoms with Crippen LogP contribution in [0.3, 0.4) is 0 Å². The smallest absolute Gasteiger partial charge is 0.258 e. The second kappa shape index (κ2) is 3.56. The Morgan fingerprint density at radius 1 is 1.19 bits per heavy atom. The molecule has 4 heteroatoms. The van der Waals surface area contributed by atoms with Gasteiger partial charge < -0.3 is 0 Å². The molecule has 2 rings (SSSR count). The molecule has 0 saturated carbocycles. The van der Waals surface area contributed by atoms with Crippen molar-refractivity contribution in [2.45, 2.75) is 20.8 Å². The lowest BCUT2D eigenvalue weighted by Gasteiger charge is -2.06. The van der Waals surface area contributed by atoms with Crippen molar-refractivity contribution >= 4 is 16.6 Å². The van der Waals surface area contributed by atoms with Crippen molar-refractivity contribution in [3.05, 3.63) is 45.1 Å². The van der Waals surface area contributed by atoms with E-state index < -0.39 is 0 Å². The van der Waals surface area contributed by atoms with Crippen LogP contribution < -0.4 is 0 Å². The van der Waals surface area contributed by atoms with Gasteiger partial charge in [-0.15, -0.1) is 0 Å². The lowest BCUT2D eigenvalue weighted by atomic mass is 10.0. The topological polar surface area (TPSA) is 56.0 Å². The number of pyridine rings is 1. The molecule has 4 nitrogen and oxygen atoms in total. The molecule has 0 N–H and O–H groups in total. The van der Waals surface area contributed by atoms with E-state index in [9.17, 15) is 10.1 Å². The van der Waals surface area contributed by atoms with Crippen molar-refractivity contribution in [1.82, 2.24) is 4.98 Å². The van der Waals surface area contributed by atoms with E-state index in [2.05, 4.69) is 4.98 Å². The number of nitro groups is 1. The molecule has 1 heterocycles. The Hall–Kier alpha value is -1.97. The molecule has 82 valence electrons. The van der Waals surface area contributed by atoms with Crippen LogP contribution in [0, 0.1) is 30.9 Å². The summed E-state index contributed by atoms with van der Waals surface area (Å²) >= 11 is 0. The van der Waals surface area contributed by atoms with Crippen molar-refractivity contribution in [2.75, 3.05) is 0 Å². The Bertz CT molecular complexity index is 591. The monoisotopic (exact) mass is 216 g/mol. The van der Waals surface area contributed by atoms with E-state index in [4.69, 9.17) is 0 Å². The predicted molar refractivity (Wildman–Crippen MR) is 62.6 cm³/mol. The highest BCUT2D eigenvalue weighted by atomic mass is 16.6. The number of benzene rings is 1. The fourth-order valence-electron chi connectivity index (χ4n) is 2.03. The molecule has 0 atom stereocenters. The zero-order chi connectivity index (χ0) is 11.9. The van der Waals surface area contributed by atoms with Crippen molar-refractivity contribution in [3.63, 3.8) is 0 Å². The standard InChI is InChI=1S/C12H12N2O2/c1-7-4-5-10(14(15)16)12-11(7)8(2)6-9(3)13-12/h4-6H,1-3H3. The Morgan fingerprint density at radius 3 is 2.50 bits per heavy atom. The third-order valence-corrected chi connectivity index (χ3v) is 2.67. The highest BCUT2D eigenvalue weighted by Crippen LogP contribution is 2.29. The first kappa shape index (κ1) is 10.5. The molecule has 0 bridgehead atoms. The van der Waals surface area contributed by atoms with Crippen LogP contribution in [0.15, 0.2) is 18.2 Å². The van der Waals surface area contributed by atoms with Crippen molar-refractivity contribution in [3.8, 4) is 0 Å².